The molecule has 0 aliphatic carbocycles. The van der Waals surface area contributed by atoms with Gasteiger partial charge in [0.2, 0.25) is 0 Å². The molecule has 4 heteroatoms. The molecule has 0 bridgehead atoms. The van der Waals surface area contributed by atoms with Crippen LogP contribution in [-0.2, 0) is 0 Å². The number of halogens is 1. The molecule has 0 heterocycles. The molecule has 0 atom stereocenters. The SMILES string of the molecule is Cl.N=C(N)N.c1ccccc1. The van der Waals surface area contributed by atoms with E-state index in [1.165, 1.54) is 0 Å². The maximum Gasteiger partial charge on any atom is 0.183 e. The highest BCUT2D eigenvalue weighted by Crippen LogP contribution is 1.79. The van der Waals surface area contributed by atoms with Gasteiger partial charge in [-0.3, -0.25) is 5.41 Å². The number of hydrogen-bond donors (Lipinski definition) is 3. The molecule has 1 rings (SSSR count). The third-order valence-corrected chi connectivity index (χ3v) is 0.667. The van der Waals surface area contributed by atoms with E-state index in [0.717, 1.165) is 0 Å². The average Bonchev–Trinajstić information content (AvgIpc) is 1.90. The quantitative estimate of drug-likeness (QED) is 0.404. The maximum absolute atomic E-state index is 6.06. The Hall–Kier alpha value is -1.22. The molecule has 11 heavy (non-hydrogen) atoms. The Bertz CT molecular complexity index is 146. The zero-order valence-electron chi connectivity index (χ0n) is 6.03. The van der Waals surface area contributed by atoms with E-state index in [9.17, 15) is 0 Å². The van der Waals surface area contributed by atoms with Gasteiger partial charge < -0.3 is 11.5 Å². The third-order valence-electron chi connectivity index (χ3n) is 0.667. The van der Waals surface area contributed by atoms with Gasteiger partial charge in [0.1, 0.15) is 0 Å². The van der Waals surface area contributed by atoms with Crippen molar-refractivity contribution in [2.24, 2.45) is 11.5 Å². The summed E-state index contributed by atoms with van der Waals surface area (Å²) in [5, 5.41) is 6.06. The second-order valence-corrected chi connectivity index (χ2v) is 1.61. The number of nitrogens with one attached hydrogen (secondary N) is 1. The van der Waals surface area contributed by atoms with Gasteiger partial charge in [-0.25, -0.2) is 0 Å². The molecule has 0 saturated carbocycles. The largest absolute Gasteiger partial charge is 0.370 e. The minimum absolute atomic E-state index is 0. The summed E-state index contributed by atoms with van der Waals surface area (Å²) in [6.07, 6.45) is 0. The molecule has 62 valence electrons. The van der Waals surface area contributed by atoms with Gasteiger partial charge in [0, 0.05) is 0 Å². The topological polar surface area (TPSA) is 75.9 Å². The molecule has 0 aromatic heterocycles. The molecule has 0 saturated heterocycles. The first kappa shape index (κ1) is 12.5. The van der Waals surface area contributed by atoms with Crippen molar-refractivity contribution in [3.05, 3.63) is 36.4 Å². The van der Waals surface area contributed by atoms with Gasteiger partial charge in [-0.2, -0.15) is 0 Å². The van der Waals surface area contributed by atoms with Gasteiger partial charge >= 0.3 is 0 Å². The van der Waals surface area contributed by atoms with E-state index in [2.05, 4.69) is 11.5 Å². The zero-order chi connectivity index (χ0) is 7.82. The summed E-state index contributed by atoms with van der Waals surface area (Å²) in [6.45, 7) is 0. The van der Waals surface area contributed by atoms with Crippen molar-refractivity contribution in [2.45, 2.75) is 0 Å². The van der Waals surface area contributed by atoms with Gasteiger partial charge in [-0.15, -0.1) is 12.4 Å². The summed E-state index contributed by atoms with van der Waals surface area (Å²) >= 11 is 0. The van der Waals surface area contributed by atoms with Gasteiger partial charge in [0.15, 0.2) is 5.96 Å². The normalized spacial score (nSPS) is 6.55. The molecule has 0 spiro atoms. The molecule has 0 amide bonds. The van der Waals surface area contributed by atoms with Crippen LogP contribution in [0.1, 0.15) is 0 Å². The molecular formula is C7H12ClN3. The number of guanidine groups is 1. The van der Waals surface area contributed by atoms with Gasteiger partial charge in [-0.05, 0) is 0 Å². The molecule has 0 unspecified atom stereocenters. The highest BCUT2D eigenvalue weighted by Gasteiger charge is 1.57. The lowest BCUT2D eigenvalue weighted by Crippen LogP contribution is -2.20. The van der Waals surface area contributed by atoms with Gasteiger partial charge in [0.05, 0.1) is 0 Å². The maximum atomic E-state index is 6.06. The number of rotatable bonds is 0. The van der Waals surface area contributed by atoms with Gasteiger partial charge in [-0.1, -0.05) is 36.4 Å². The van der Waals surface area contributed by atoms with E-state index in [1.807, 2.05) is 36.4 Å². The molecule has 0 aliphatic rings. The van der Waals surface area contributed by atoms with E-state index >= 15 is 0 Å². The number of nitrogens with two attached hydrogens (primary N) is 2. The highest BCUT2D eigenvalue weighted by atomic mass is 35.5. The van der Waals surface area contributed by atoms with Crippen molar-refractivity contribution in [3.8, 4) is 0 Å². The fourth-order valence-corrected chi connectivity index (χ4v) is 0.385. The van der Waals surface area contributed by atoms with Gasteiger partial charge in [0.25, 0.3) is 0 Å². The van der Waals surface area contributed by atoms with E-state index in [0.29, 0.717) is 0 Å². The van der Waals surface area contributed by atoms with Crippen LogP contribution in [0.2, 0.25) is 0 Å². The summed E-state index contributed by atoms with van der Waals surface area (Å²) in [5.41, 5.74) is 8.94. The van der Waals surface area contributed by atoms with Crippen molar-refractivity contribution in [2.75, 3.05) is 0 Å². The summed E-state index contributed by atoms with van der Waals surface area (Å²) in [7, 11) is 0. The molecule has 1 aromatic carbocycles. The predicted molar refractivity (Wildman–Crippen MR) is 49.8 cm³/mol. The smallest absolute Gasteiger partial charge is 0.183 e. The summed E-state index contributed by atoms with van der Waals surface area (Å²) in [5.74, 6) is -0.333. The van der Waals surface area contributed by atoms with Crippen LogP contribution in [0, 0.1) is 5.41 Å². The highest BCUT2D eigenvalue weighted by molar-refractivity contribution is 5.85. The summed E-state index contributed by atoms with van der Waals surface area (Å²) < 4.78 is 0. The van der Waals surface area contributed by atoms with Crippen LogP contribution in [0.3, 0.4) is 0 Å². The van der Waals surface area contributed by atoms with Crippen molar-refractivity contribution in [1.29, 1.82) is 5.41 Å². The van der Waals surface area contributed by atoms with E-state index < -0.39 is 0 Å². The van der Waals surface area contributed by atoms with Crippen LogP contribution in [0.15, 0.2) is 36.4 Å². The fraction of sp³-hybridized carbons (Fsp3) is 0. The molecule has 1 aromatic rings. The second-order valence-electron chi connectivity index (χ2n) is 1.61. The van der Waals surface area contributed by atoms with E-state index in [1.54, 1.807) is 0 Å². The minimum Gasteiger partial charge on any atom is -0.370 e. The van der Waals surface area contributed by atoms with E-state index in [4.69, 9.17) is 5.41 Å². The van der Waals surface area contributed by atoms with E-state index in [-0.39, 0.29) is 18.4 Å². The standard InChI is InChI=1S/C6H6.CH5N3.ClH/c1-2-4-6-5-3-1;2-1(3)4;/h1-6H;(H5,2,3,4);1H. The summed E-state index contributed by atoms with van der Waals surface area (Å²) in [4.78, 5) is 0. The van der Waals surface area contributed by atoms with Crippen LogP contribution in [0.5, 0.6) is 0 Å². The molecule has 5 N–H and O–H groups in total. The Morgan fingerprint density at radius 1 is 0.818 bits per heavy atom. The Balaban J connectivity index is 0. The third kappa shape index (κ3) is 17.7. The Kier molecular flexibility index (Phi) is 9.94. The lowest BCUT2D eigenvalue weighted by atomic mass is 10.4. The van der Waals surface area contributed by atoms with Crippen molar-refractivity contribution >= 4 is 18.4 Å². The Labute approximate surface area is 72.3 Å². The van der Waals surface area contributed by atoms with Crippen LogP contribution in [-0.4, -0.2) is 5.96 Å². The monoisotopic (exact) mass is 173 g/mol. The summed E-state index contributed by atoms with van der Waals surface area (Å²) in [6, 6.07) is 12.0. The Morgan fingerprint density at radius 3 is 1.00 bits per heavy atom. The molecule has 3 nitrogen and oxygen atoms in total. The first-order valence-electron chi connectivity index (χ1n) is 2.83. The number of hydrogen-bond acceptors (Lipinski definition) is 1. The molecule has 0 fully saturated rings. The fourth-order valence-electron chi connectivity index (χ4n) is 0.385. The molecule has 0 radical (unpaired) electrons. The first-order valence-corrected chi connectivity index (χ1v) is 2.83. The molecule has 0 aliphatic heterocycles. The average molecular weight is 174 g/mol. The van der Waals surface area contributed by atoms with Crippen LogP contribution >= 0.6 is 12.4 Å². The first-order chi connectivity index (χ1) is 4.73. The van der Waals surface area contributed by atoms with Crippen molar-refractivity contribution < 1.29 is 0 Å². The van der Waals surface area contributed by atoms with Crippen LogP contribution in [0.25, 0.3) is 0 Å². The predicted octanol–water partition coefficient (Wildman–Crippen LogP) is 0.947. The molecular weight excluding hydrogens is 162 g/mol. The van der Waals surface area contributed by atoms with Crippen molar-refractivity contribution in [1.82, 2.24) is 0 Å². The lowest BCUT2D eigenvalue weighted by Gasteiger charge is -1.69. The minimum atomic E-state index is -0.333. The zero-order valence-corrected chi connectivity index (χ0v) is 6.84. The van der Waals surface area contributed by atoms with Crippen LogP contribution < -0.4 is 11.5 Å². The number of benzene rings is 1. The lowest BCUT2D eigenvalue weighted by molar-refractivity contribution is 1.39. The Morgan fingerprint density at radius 2 is 0.909 bits per heavy atom. The van der Waals surface area contributed by atoms with Crippen molar-refractivity contribution in [3.63, 3.8) is 0 Å². The van der Waals surface area contributed by atoms with Crippen LogP contribution in [0.4, 0.5) is 0 Å². The second kappa shape index (κ2) is 8.78.